The van der Waals surface area contributed by atoms with E-state index in [1.807, 2.05) is 0 Å². The number of rotatable bonds is 8. The molecule has 6 nitrogen and oxygen atoms in total. The van der Waals surface area contributed by atoms with Gasteiger partial charge in [-0.15, -0.1) is 0 Å². The summed E-state index contributed by atoms with van der Waals surface area (Å²) in [6.45, 7) is 1.05. The van der Waals surface area contributed by atoms with Gasteiger partial charge < -0.3 is 14.2 Å². The quantitative estimate of drug-likeness (QED) is 0.409. The minimum atomic E-state index is -4.00. The Bertz CT molecular complexity index is 543. The molecule has 0 N–H and O–H groups in total. The van der Waals surface area contributed by atoms with Crippen molar-refractivity contribution >= 4 is 25.7 Å². The number of halogens is 1. The number of methoxy groups -OCH3 is 1. The molecule has 112 valence electrons. The minimum Gasteiger partial charge on any atom is -0.460 e. The Hall–Kier alpha value is -1.15. The van der Waals surface area contributed by atoms with Crippen molar-refractivity contribution in [2.75, 3.05) is 33.5 Å². The normalized spacial score (nSPS) is 11.3. The van der Waals surface area contributed by atoms with Gasteiger partial charge in [0.25, 0.3) is 9.05 Å². The highest BCUT2D eigenvalue weighted by Crippen LogP contribution is 2.20. The second kappa shape index (κ2) is 8.21. The Morgan fingerprint density at radius 1 is 1.15 bits per heavy atom. The van der Waals surface area contributed by atoms with Gasteiger partial charge in [0.15, 0.2) is 0 Å². The molecule has 0 unspecified atom stereocenters. The molecule has 0 heterocycles. The van der Waals surface area contributed by atoms with Crippen LogP contribution in [0.4, 0.5) is 0 Å². The monoisotopic (exact) mass is 322 g/mol. The van der Waals surface area contributed by atoms with E-state index < -0.39 is 15.0 Å². The fraction of sp³-hybridized carbons (Fsp3) is 0.417. The Morgan fingerprint density at radius 3 is 2.45 bits per heavy atom. The third kappa shape index (κ3) is 5.46. The first-order valence-electron chi connectivity index (χ1n) is 5.74. The van der Waals surface area contributed by atoms with E-state index in [0.717, 1.165) is 0 Å². The molecule has 0 aliphatic heterocycles. The van der Waals surface area contributed by atoms with Crippen LogP contribution in [-0.2, 0) is 23.3 Å². The third-order valence-electron chi connectivity index (χ3n) is 2.26. The Kier molecular flexibility index (Phi) is 6.94. The summed E-state index contributed by atoms with van der Waals surface area (Å²) in [4.78, 5) is 11.5. The van der Waals surface area contributed by atoms with E-state index in [1.54, 1.807) is 7.11 Å². The van der Waals surface area contributed by atoms with Crippen LogP contribution in [0.25, 0.3) is 0 Å². The zero-order valence-corrected chi connectivity index (χ0v) is 12.4. The van der Waals surface area contributed by atoms with Gasteiger partial charge in [-0.3, -0.25) is 0 Å². The summed E-state index contributed by atoms with van der Waals surface area (Å²) in [6.07, 6.45) is 0. The maximum Gasteiger partial charge on any atom is 0.339 e. The van der Waals surface area contributed by atoms with Crippen molar-refractivity contribution in [2.45, 2.75) is 4.90 Å². The third-order valence-corrected chi connectivity index (χ3v) is 3.64. The molecule has 0 atom stereocenters. The lowest BCUT2D eigenvalue weighted by atomic mass is 10.2. The lowest BCUT2D eigenvalue weighted by molar-refractivity contribution is 0.0211. The molecule has 8 heteroatoms. The van der Waals surface area contributed by atoms with Crippen LogP contribution in [0.2, 0.25) is 0 Å². The van der Waals surface area contributed by atoms with Crippen LogP contribution >= 0.6 is 10.7 Å². The smallest absolute Gasteiger partial charge is 0.339 e. The van der Waals surface area contributed by atoms with E-state index in [2.05, 4.69) is 0 Å². The first kappa shape index (κ1) is 16.9. The van der Waals surface area contributed by atoms with Crippen LogP contribution in [0.3, 0.4) is 0 Å². The highest BCUT2D eigenvalue weighted by Gasteiger charge is 2.20. The van der Waals surface area contributed by atoms with Gasteiger partial charge in [-0.25, -0.2) is 13.2 Å². The molecule has 0 aliphatic carbocycles. The Morgan fingerprint density at radius 2 is 1.80 bits per heavy atom. The average molecular weight is 323 g/mol. The molecule has 1 aromatic carbocycles. The summed E-state index contributed by atoms with van der Waals surface area (Å²) >= 11 is 0. The van der Waals surface area contributed by atoms with E-state index in [4.69, 9.17) is 24.9 Å². The van der Waals surface area contributed by atoms with E-state index in [-0.39, 0.29) is 23.7 Å². The maximum absolute atomic E-state index is 11.8. The number of carbonyl (C=O) groups excluding carboxylic acids is 1. The Labute approximate surface area is 122 Å². The summed E-state index contributed by atoms with van der Waals surface area (Å²) in [7, 11) is 2.80. The van der Waals surface area contributed by atoms with Gasteiger partial charge in [-0.1, -0.05) is 12.1 Å². The fourth-order valence-corrected chi connectivity index (χ4v) is 2.42. The topological polar surface area (TPSA) is 78.9 Å². The number of esters is 1. The van der Waals surface area contributed by atoms with E-state index in [0.29, 0.717) is 13.2 Å². The molecule has 0 radical (unpaired) electrons. The molecule has 1 rings (SSSR count). The second-order valence-corrected chi connectivity index (χ2v) is 6.21. The zero-order valence-electron chi connectivity index (χ0n) is 10.9. The molecule has 0 saturated carbocycles. The largest absolute Gasteiger partial charge is 0.460 e. The molecular weight excluding hydrogens is 308 g/mol. The second-order valence-electron chi connectivity index (χ2n) is 3.68. The number of hydrogen-bond acceptors (Lipinski definition) is 6. The van der Waals surface area contributed by atoms with Crippen LogP contribution < -0.4 is 0 Å². The SMILES string of the molecule is COCCOCCOC(=O)c1ccccc1S(=O)(=O)Cl. The zero-order chi connectivity index (χ0) is 15.0. The van der Waals surface area contributed by atoms with Crippen molar-refractivity contribution in [1.29, 1.82) is 0 Å². The lowest BCUT2D eigenvalue weighted by Crippen LogP contribution is -2.14. The molecule has 0 aromatic heterocycles. The molecule has 20 heavy (non-hydrogen) atoms. The van der Waals surface area contributed by atoms with Crippen LogP contribution in [0, 0.1) is 0 Å². The van der Waals surface area contributed by atoms with E-state index >= 15 is 0 Å². The number of ether oxygens (including phenoxy) is 3. The van der Waals surface area contributed by atoms with Gasteiger partial charge in [-0.2, -0.15) is 0 Å². The van der Waals surface area contributed by atoms with Gasteiger partial charge >= 0.3 is 5.97 Å². The van der Waals surface area contributed by atoms with Crippen molar-refractivity contribution in [3.8, 4) is 0 Å². The van der Waals surface area contributed by atoms with Crippen molar-refractivity contribution in [2.24, 2.45) is 0 Å². The highest BCUT2D eigenvalue weighted by atomic mass is 35.7. The van der Waals surface area contributed by atoms with E-state index in [1.165, 1.54) is 24.3 Å². The number of hydrogen-bond donors (Lipinski definition) is 0. The van der Waals surface area contributed by atoms with Crippen LogP contribution in [0.15, 0.2) is 29.2 Å². The molecular formula is C12H15ClO6S. The average Bonchev–Trinajstić information content (AvgIpc) is 2.41. The molecule has 0 saturated heterocycles. The number of benzene rings is 1. The van der Waals surface area contributed by atoms with Crippen molar-refractivity contribution in [3.05, 3.63) is 29.8 Å². The molecule has 0 spiro atoms. The summed E-state index contributed by atoms with van der Waals surface area (Å²) in [5.74, 6) is -0.764. The summed E-state index contributed by atoms with van der Waals surface area (Å²) < 4.78 is 37.5. The molecule has 0 fully saturated rings. The van der Waals surface area contributed by atoms with Crippen LogP contribution in [0.5, 0.6) is 0 Å². The summed E-state index contributed by atoms with van der Waals surface area (Å²) in [5.41, 5.74) is -0.0978. The minimum absolute atomic E-state index is 0.0131. The Balaban J connectivity index is 2.56. The van der Waals surface area contributed by atoms with Gasteiger partial charge in [0, 0.05) is 17.8 Å². The lowest BCUT2D eigenvalue weighted by Gasteiger charge is -2.08. The van der Waals surface area contributed by atoms with Gasteiger partial charge in [-0.05, 0) is 12.1 Å². The van der Waals surface area contributed by atoms with Crippen LogP contribution in [0.1, 0.15) is 10.4 Å². The van der Waals surface area contributed by atoms with Crippen molar-refractivity contribution < 1.29 is 27.4 Å². The first-order chi connectivity index (χ1) is 9.46. The fourth-order valence-electron chi connectivity index (χ4n) is 1.36. The van der Waals surface area contributed by atoms with Crippen molar-refractivity contribution in [1.82, 2.24) is 0 Å². The predicted molar refractivity (Wildman–Crippen MR) is 72.5 cm³/mol. The highest BCUT2D eigenvalue weighted by molar-refractivity contribution is 8.13. The van der Waals surface area contributed by atoms with Gasteiger partial charge in [0.05, 0.1) is 30.3 Å². The summed E-state index contributed by atoms with van der Waals surface area (Å²) in [6, 6.07) is 5.58. The standard InChI is InChI=1S/C12H15ClO6S/c1-17-6-7-18-8-9-19-12(14)10-4-2-3-5-11(10)20(13,15)16/h2-5H,6-9H2,1H3. The van der Waals surface area contributed by atoms with E-state index in [9.17, 15) is 13.2 Å². The van der Waals surface area contributed by atoms with Crippen molar-refractivity contribution in [3.63, 3.8) is 0 Å². The first-order valence-corrected chi connectivity index (χ1v) is 8.05. The molecule has 0 bridgehead atoms. The maximum atomic E-state index is 11.8. The predicted octanol–water partition coefficient (Wildman–Crippen LogP) is 1.43. The van der Waals surface area contributed by atoms with Gasteiger partial charge in [0.1, 0.15) is 6.61 Å². The molecule has 0 aliphatic rings. The molecule has 1 aromatic rings. The summed E-state index contributed by atoms with van der Waals surface area (Å²) in [5, 5.41) is 0. The number of carbonyl (C=O) groups is 1. The van der Waals surface area contributed by atoms with Crippen LogP contribution in [-0.4, -0.2) is 47.9 Å². The molecule has 0 amide bonds. The van der Waals surface area contributed by atoms with Gasteiger partial charge in [0.2, 0.25) is 0 Å².